The first-order valence-electron chi connectivity index (χ1n) is 6.39. The molecule has 1 atom stereocenters. The molecule has 21 heavy (non-hydrogen) atoms. The second-order valence-electron chi connectivity index (χ2n) is 4.56. The zero-order valence-corrected chi connectivity index (χ0v) is 14.9. The molecular weight excluding hydrogens is 400 g/mol. The van der Waals surface area contributed by atoms with Gasteiger partial charge in [-0.15, -0.1) is 0 Å². The molecule has 0 heterocycles. The monoisotopic (exact) mass is 414 g/mol. The van der Waals surface area contributed by atoms with Gasteiger partial charge in [0.2, 0.25) is 0 Å². The minimum atomic E-state index is -0.680. The number of halogens is 2. The highest BCUT2D eigenvalue weighted by atomic mass is 79.9. The van der Waals surface area contributed by atoms with Gasteiger partial charge in [-0.05, 0) is 42.0 Å². The van der Waals surface area contributed by atoms with Crippen molar-refractivity contribution >= 4 is 31.9 Å². The van der Waals surface area contributed by atoms with Crippen LogP contribution in [0.15, 0.2) is 45.3 Å². The average Bonchev–Trinajstić information content (AvgIpc) is 2.47. The lowest BCUT2D eigenvalue weighted by Crippen LogP contribution is -2.05. The van der Waals surface area contributed by atoms with Crippen LogP contribution < -0.4 is 9.47 Å². The lowest BCUT2D eigenvalue weighted by atomic mass is 10.00. The number of hydrogen-bond acceptors (Lipinski definition) is 3. The van der Waals surface area contributed by atoms with E-state index in [1.807, 2.05) is 36.4 Å². The Hall–Kier alpha value is -1.04. The highest BCUT2D eigenvalue weighted by Crippen LogP contribution is 2.33. The topological polar surface area (TPSA) is 38.7 Å². The van der Waals surface area contributed by atoms with Gasteiger partial charge in [0.15, 0.2) is 0 Å². The summed E-state index contributed by atoms with van der Waals surface area (Å²) in [6, 6.07) is 11.3. The van der Waals surface area contributed by atoms with E-state index in [1.165, 1.54) is 0 Å². The van der Waals surface area contributed by atoms with Crippen LogP contribution >= 0.6 is 31.9 Å². The van der Waals surface area contributed by atoms with Crippen LogP contribution in [0.5, 0.6) is 11.5 Å². The number of ether oxygens (including phenoxy) is 2. The normalized spacial score (nSPS) is 12.0. The van der Waals surface area contributed by atoms with E-state index in [0.717, 1.165) is 25.8 Å². The van der Waals surface area contributed by atoms with Gasteiger partial charge in [0.25, 0.3) is 0 Å². The number of aliphatic hydroxyl groups is 1. The smallest absolute Gasteiger partial charge is 0.124 e. The van der Waals surface area contributed by atoms with Gasteiger partial charge in [-0.2, -0.15) is 0 Å². The van der Waals surface area contributed by atoms with E-state index in [0.29, 0.717) is 12.2 Å². The van der Waals surface area contributed by atoms with Crippen molar-refractivity contribution in [1.82, 2.24) is 0 Å². The van der Waals surface area contributed by atoms with E-state index >= 15 is 0 Å². The molecule has 3 nitrogen and oxygen atoms in total. The van der Waals surface area contributed by atoms with Crippen molar-refractivity contribution in [2.45, 2.75) is 12.5 Å². The number of benzene rings is 2. The third-order valence-electron chi connectivity index (χ3n) is 3.21. The Morgan fingerprint density at radius 3 is 2.14 bits per heavy atom. The molecule has 0 aliphatic heterocycles. The summed E-state index contributed by atoms with van der Waals surface area (Å²) >= 11 is 6.86. The first-order valence-corrected chi connectivity index (χ1v) is 7.97. The molecule has 0 saturated heterocycles. The summed E-state index contributed by atoms with van der Waals surface area (Å²) in [5.41, 5.74) is 1.68. The van der Waals surface area contributed by atoms with Crippen molar-refractivity contribution in [1.29, 1.82) is 0 Å². The predicted octanol–water partition coefficient (Wildman–Crippen LogP) is 4.50. The fraction of sp³-hybridized carbons (Fsp3) is 0.250. The van der Waals surface area contributed by atoms with Crippen molar-refractivity contribution in [3.8, 4) is 11.5 Å². The Morgan fingerprint density at radius 1 is 0.952 bits per heavy atom. The Balaban J connectivity index is 2.31. The van der Waals surface area contributed by atoms with E-state index < -0.39 is 6.10 Å². The van der Waals surface area contributed by atoms with E-state index in [9.17, 15) is 5.11 Å². The van der Waals surface area contributed by atoms with Crippen molar-refractivity contribution < 1.29 is 14.6 Å². The maximum atomic E-state index is 10.5. The summed E-state index contributed by atoms with van der Waals surface area (Å²) in [7, 11) is 3.22. The first kappa shape index (κ1) is 16.3. The van der Waals surface area contributed by atoms with Gasteiger partial charge < -0.3 is 14.6 Å². The Labute approximate surface area is 141 Å². The summed E-state index contributed by atoms with van der Waals surface area (Å²) in [4.78, 5) is 0. The molecule has 2 aromatic rings. The van der Waals surface area contributed by atoms with Crippen LogP contribution in [0.4, 0.5) is 0 Å². The third kappa shape index (κ3) is 3.99. The molecule has 0 aliphatic rings. The Morgan fingerprint density at radius 2 is 1.52 bits per heavy atom. The molecule has 1 unspecified atom stereocenters. The zero-order chi connectivity index (χ0) is 15.4. The van der Waals surface area contributed by atoms with Gasteiger partial charge in [-0.1, -0.05) is 31.9 Å². The second-order valence-corrected chi connectivity index (χ2v) is 6.39. The van der Waals surface area contributed by atoms with Gasteiger partial charge in [-0.3, -0.25) is 0 Å². The fourth-order valence-corrected chi connectivity index (χ4v) is 2.98. The van der Waals surface area contributed by atoms with E-state index in [1.54, 1.807) is 14.2 Å². The molecule has 2 rings (SSSR count). The van der Waals surface area contributed by atoms with Crippen molar-refractivity contribution in [3.05, 3.63) is 56.5 Å². The van der Waals surface area contributed by atoms with E-state index in [4.69, 9.17) is 9.47 Å². The third-order valence-corrected chi connectivity index (χ3v) is 4.19. The lowest BCUT2D eigenvalue weighted by Gasteiger charge is -2.17. The molecule has 0 fully saturated rings. The van der Waals surface area contributed by atoms with Gasteiger partial charge in [0, 0.05) is 20.9 Å². The van der Waals surface area contributed by atoms with E-state index in [2.05, 4.69) is 31.9 Å². The van der Waals surface area contributed by atoms with E-state index in [-0.39, 0.29) is 0 Å². The molecular formula is C16H16Br2O3. The van der Waals surface area contributed by atoms with Crippen molar-refractivity contribution in [2.24, 2.45) is 0 Å². The minimum Gasteiger partial charge on any atom is -0.496 e. The highest BCUT2D eigenvalue weighted by molar-refractivity contribution is 9.10. The molecule has 0 aromatic heterocycles. The second kappa shape index (κ2) is 7.29. The number of methoxy groups -OCH3 is 2. The minimum absolute atomic E-state index is 0.440. The molecule has 1 N–H and O–H groups in total. The summed E-state index contributed by atoms with van der Waals surface area (Å²) in [6.45, 7) is 0. The molecule has 0 amide bonds. The molecule has 5 heteroatoms. The van der Waals surface area contributed by atoms with Crippen molar-refractivity contribution in [3.63, 3.8) is 0 Å². The Bertz CT molecular complexity index is 629. The van der Waals surface area contributed by atoms with Crippen molar-refractivity contribution in [2.75, 3.05) is 14.2 Å². The predicted molar refractivity (Wildman–Crippen MR) is 90.1 cm³/mol. The summed E-state index contributed by atoms with van der Waals surface area (Å²) < 4.78 is 12.5. The first-order chi connectivity index (χ1) is 10.0. The largest absolute Gasteiger partial charge is 0.496 e. The lowest BCUT2D eigenvalue weighted by molar-refractivity contribution is 0.173. The molecule has 0 radical (unpaired) electrons. The van der Waals surface area contributed by atoms with Gasteiger partial charge >= 0.3 is 0 Å². The SMILES string of the molecule is COc1ccc(Br)cc1CC(O)c1cc(Br)ccc1OC. The molecule has 0 spiro atoms. The van der Waals surface area contributed by atoms with Crippen LogP contribution in [0.1, 0.15) is 17.2 Å². The quantitative estimate of drug-likeness (QED) is 0.780. The maximum absolute atomic E-state index is 10.5. The molecule has 0 aliphatic carbocycles. The summed E-state index contributed by atoms with van der Waals surface area (Å²) in [5.74, 6) is 1.42. The molecule has 0 saturated carbocycles. The van der Waals surface area contributed by atoms with Crippen LogP contribution in [0.25, 0.3) is 0 Å². The average molecular weight is 416 g/mol. The molecule has 2 aromatic carbocycles. The number of hydrogen-bond donors (Lipinski definition) is 1. The van der Waals surface area contributed by atoms with Crippen LogP contribution in [0.2, 0.25) is 0 Å². The molecule has 112 valence electrons. The van der Waals surface area contributed by atoms with Gasteiger partial charge in [0.1, 0.15) is 11.5 Å². The fourth-order valence-electron chi connectivity index (χ4n) is 2.19. The van der Waals surface area contributed by atoms with Crippen LogP contribution in [0.3, 0.4) is 0 Å². The zero-order valence-electron chi connectivity index (χ0n) is 11.8. The van der Waals surface area contributed by atoms with Gasteiger partial charge in [-0.25, -0.2) is 0 Å². The van der Waals surface area contributed by atoms with Crippen LogP contribution in [0, 0.1) is 0 Å². The number of aliphatic hydroxyl groups excluding tert-OH is 1. The highest BCUT2D eigenvalue weighted by Gasteiger charge is 2.17. The van der Waals surface area contributed by atoms with Crippen LogP contribution in [-0.2, 0) is 6.42 Å². The maximum Gasteiger partial charge on any atom is 0.124 e. The summed E-state index contributed by atoms with van der Waals surface area (Å²) in [6.07, 6.45) is -0.240. The molecule has 0 bridgehead atoms. The number of rotatable bonds is 5. The summed E-state index contributed by atoms with van der Waals surface area (Å²) in [5, 5.41) is 10.5. The standard InChI is InChI=1S/C16H16Br2O3/c1-20-15-5-3-11(17)7-10(15)8-14(19)13-9-12(18)4-6-16(13)21-2/h3-7,9,14,19H,8H2,1-2H3. The van der Waals surface area contributed by atoms with Gasteiger partial charge in [0.05, 0.1) is 20.3 Å². The Kier molecular flexibility index (Phi) is 5.67. The van der Waals surface area contributed by atoms with Crippen LogP contribution in [-0.4, -0.2) is 19.3 Å².